The fourth-order valence-corrected chi connectivity index (χ4v) is 4.42. The zero-order valence-corrected chi connectivity index (χ0v) is 16.0. The summed E-state index contributed by atoms with van der Waals surface area (Å²) in [7, 11) is -3.84. The van der Waals surface area contributed by atoms with E-state index in [1.165, 1.54) is 16.4 Å². The van der Waals surface area contributed by atoms with Gasteiger partial charge in [0.25, 0.3) is 0 Å². The van der Waals surface area contributed by atoms with Crippen molar-refractivity contribution in [2.24, 2.45) is 0 Å². The number of benzene rings is 2. The van der Waals surface area contributed by atoms with Crippen LogP contribution in [0, 0.1) is 17.5 Å². The molecule has 0 N–H and O–H groups in total. The van der Waals surface area contributed by atoms with Crippen LogP contribution in [0.25, 0.3) is 0 Å². The maximum atomic E-state index is 13.4. The molecule has 0 amide bonds. The summed E-state index contributed by atoms with van der Waals surface area (Å²) >= 11 is 0. The van der Waals surface area contributed by atoms with Crippen LogP contribution in [0.5, 0.6) is 5.75 Å². The molecule has 5 nitrogen and oxygen atoms in total. The molecule has 2 aromatic rings. The van der Waals surface area contributed by atoms with Crippen molar-refractivity contribution in [1.29, 1.82) is 0 Å². The molecule has 0 spiro atoms. The van der Waals surface area contributed by atoms with E-state index in [1.54, 1.807) is 12.1 Å². The zero-order chi connectivity index (χ0) is 20.1. The molecule has 0 aliphatic carbocycles. The SMILES string of the molecule is O=S(=O)(c1ccc(F)c(F)c1)N1CCN(CCCOc2ccc(F)cc2)CC1. The largest absolute Gasteiger partial charge is 0.494 e. The predicted octanol–water partition coefficient (Wildman–Crippen LogP) is 2.88. The van der Waals surface area contributed by atoms with E-state index in [2.05, 4.69) is 4.90 Å². The molecule has 0 unspecified atom stereocenters. The number of piperazine rings is 1. The van der Waals surface area contributed by atoms with E-state index in [1.807, 2.05) is 0 Å². The number of nitrogens with zero attached hydrogens (tertiary/aromatic N) is 2. The molecule has 1 fully saturated rings. The van der Waals surface area contributed by atoms with Crippen LogP contribution in [0.3, 0.4) is 0 Å². The van der Waals surface area contributed by atoms with Crippen molar-refractivity contribution >= 4 is 10.0 Å². The predicted molar refractivity (Wildman–Crippen MR) is 98.1 cm³/mol. The van der Waals surface area contributed by atoms with Gasteiger partial charge < -0.3 is 9.64 Å². The first-order valence-corrected chi connectivity index (χ1v) is 10.4. The molecule has 152 valence electrons. The molecule has 9 heteroatoms. The Hall–Kier alpha value is -2.10. The summed E-state index contributed by atoms with van der Waals surface area (Å²) in [5.74, 6) is -1.97. The van der Waals surface area contributed by atoms with Gasteiger partial charge in [-0.3, -0.25) is 0 Å². The van der Waals surface area contributed by atoms with Gasteiger partial charge in [0.1, 0.15) is 11.6 Å². The third-order valence-electron chi connectivity index (χ3n) is 4.56. The van der Waals surface area contributed by atoms with Crippen LogP contribution in [-0.2, 0) is 10.0 Å². The molecular weight excluding hydrogens is 393 g/mol. The summed E-state index contributed by atoms with van der Waals surface area (Å²) in [6, 6.07) is 8.41. The molecule has 0 atom stereocenters. The maximum Gasteiger partial charge on any atom is 0.243 e. The Morgan fingerprint density at radius 2 is 1.57 bits per heavy atom. The van der Waals surface area contributed by atoms with Crippen molar-refractivity contribution in [1.82, 2.24) is 9.21 Å². The van der Waals surface area contributed by atoms with Crippen LogP contribution >= 0.6 is 0 Å². The van der Waals surface area contributed by atoms with Crippen LogP contribution in [-0.4, -0.2) is 57.0 Å². The topological polar surface area (TPSA) is 49.9 Å². The number of sulfonamides is 1. The van der Waals surface area contributed by atoms with Gasteiger partial charge in [0, 0.05) is 32.7 Å². The molecule has 2 aromatic carbocycles. The minimum Gasteiger partial charge on any atom is -0.494 e. The number of hydrogen-bond acceptors (Lipinski definition) is 4. The lowest BCUT2D eigenvalue weighted by atomic mass is 10.3. The minimum atomic E-state index is -3.84. The fraction of sp³-hybridized carbons (Fsp3) is 0.368. The summed E-state index contributed by atoms with van der Waals surface area (Å²) in [5, 5.41) is 0. The molecule has 0 bridgehead atoms. The molecule has 0 saturated carbocycles. The van der Waals surface area contributed by atoms with E-state index in [4.69, 9.17) is 4.74 Å². The van der Waals surface area contributed by atoms with Crippen molar-refractivity contribution in [3.05, 3.63) is 59.9 Å². The quantitative estimate of drug-likeness (QED) is 0.654. The van der Waals surface area contributed by atoms with E-state index in [-0.39, 0.29) is 23.8 Å². The van der Waals surface area contributed by atoms with Gasteiger partial charge in [0.05, 0.1) is 11.5 Å². The fourth-order valence-electron chi connectivity index (χ4n) is 2.99. The standard InChI is InChI=1S/C19H21F3N2O3S/c20-15-2-4-16(5-3-15)27-13-1-8-23-9-11-24(12-10-23)28(25,26)17-6-7-18(21)19(22)14-17/h2-7,14H,1,8-13H2. The lowest BCUT2D eigenvalue weighted by Gasteiger charge is -2.33. The lowest BCUT2D eigenvalue weighted by Crippen LogP contribution is -2.48. The van der Waals surface area contributed by atoms with Gasteiger partial charge in [-0.05, 0) is 48.9 Å². The van der Waals surface area contributed by atoms with Gasteiger partial charge in [-0.1, -0.05) is 0 Å². The molecule has 0 aromatic heterocycles. The smallest absolute Gasteiger partial charge is 0.243 e. The van der Waals surface area contributed by atoms with Crippen LogP contribution in [0.15, 0.2) is 47.4 Å². The Kier molecular flexibility index (Phi) is 6.58. The number of ether oxygens (including phenoxy) is 1. The van der Waals surface area contributed by atoms with Gasteiger partial charge in [-0.25, -0.2) is 21.6 Å². The highest BCUT2D eigenvalue weighted by molar-refractivity contribution is 7.89. The van der Waals surface area contributed by atoms with Crippen LogP contribution in [0.2, 0.25) is 0 Å². The third kappa shape index (κ3) is 5.03. The third-order valence-corrected chi connectivity index (χ3v) is 6.46. The highest BCUT2D eigenvalue weighted by Gasteiger charge is 2.29. The van der Waals surface area contributed by atoms with E-state index in [0.717, 1.165) is 25.1 Å². The molecule has 1 heterocycles. The first-order valence-electron chi connectivity index (χ1n) is 8.92. The highest BCUT2D eigenvalue weighted by Crippen LogP contribution is 2.20. The molecule has 1 aliphatic rings. The highest BCUT2D eigenvalue weighted by atomic mass is 32.2. The second kappa shape index (κ2) is 8.93. The Balaban J connectivity index is 1.44. The zero-order valence-electron chi connectivity index (χ0n) is 15.2. The van der Waals surface area contributed by atoms with Crippen LogP contribution in [0.4, 0.5) is 13.2 Å². The van der Waals surface area contributed by atoms with Crippen LogP contribution < -0.4 is 4.74 Å². The average molecular weight is 414 g/mol. The van der Waals surface area contributed by atoms with Gasteiger partial charge in [-0.2, -0.15) is 4.31 Å². The normalized spacial score (nSPS) is 16.2. The summed E-state index contributed by atoms with van der Waals surface area (Å²) < 4.78 is 71.2. The molecule has 1 aliphatic heterocycles. The molecule has 0 radical (unpaired) electrons. The molecule has 3 rings (SSSR count). The average Bonchev–Trinajstić information content (AvgIpc) is 2.69. The molecular formula is C19H21F3N2O3S. The van der Waals surface area contributed by atoms with E-state index in [0.29, 0.717) is 31.5 Å². The number of rotatable bonds is 7. The van der Waals surface area contributed by atoms with Crippen molar-refractivity contribution in [2.75, 3.05) is 39.3 Å². The monoisotopic (exact) mass is 414 g/mol. The Morgan fingerprint density at radius 3 is 2.21 bits per heavy atom. The summed E-state index contributed by atoms with van der Waals surface area (Å²) in [4.78, 5) is 1.87. The lowest BCUT2D eigenvalue weighted by molar-refractivity contribution is 0.174. The second-order valence-electron chi connectivity index (χ2n) is 6.48. The second-order valence-corrected chi connectivity index (χ2v) is 8.42. The summed E-state index contributed by atoms with van der Waals surface area (Å²) in [6.45, 7) is 2.85. The first-order chi connectivity index (χ1) is 13.4. The Bertz CT molecular complexity index is 899. The summed E-state index contributed by atoms with van der Waals surface area (Å²) in [5.41, 5.74) is 0. The van der Waals surface area contributed by atoms with Gasteiger partial charge >= 0.3 is 0 Å². The number of halogens is 3. The van der Waals surface area contributed by atoms with E-state index in [9.17, 15) is 21.6 Å². The van der Waals surface area contributed by atoms with Crippen LogP contribution in [0.1, 0.15) is 6.42 Å². The summed E-state index contributed by atoms with van der Waals surface area (Å²) in [6.07, 6.45) is 0.743. The van der Waals surface area contributed by atoms with E-state index >= 15 is 0 Å². The Morgan fingerprint density at radius 1 is 0.893 bits per heavy atom. The van der Waals surface area contributed by atoms with Crippen molar-refractivity contribution in [2.45, 2.75) is 11.3 Å². The van der Waals surface area contributed by atoms with Crippen molar-refractivity contribution < 1.29 is 26.3 Å². The minimum absolute atomic E-state index is 0.243. The van der Waals surface area contributed by atoms with Gasteiger partial charge in [0.2, 0.25) is 10.0 Å². The van der Waals surface area contributed by atoms with E-state index < -0.39 is 21.7 Å². The first kappa shape index (κ1) is 20.6. The van der Waals surface area contributed by atoms with Crippen molar-refractivity contribution in [3.8, 4) is 5.75 Å². The Labute approximate surface area is 162 Å². The maximum absolute atomic E-state index is 13.4. The molecule has 1 saturated heterocycles. The van der Waals surface area contributed by atoms with Gasteiger partial charge in [-0.15, -0.1) is 0 Å². The molecule has 28 heavy (non-hydrogen) atoms. The number of hydrogen-bond donors (Lipinski definition) is 0. The van der Waals surface area contributed by atoms with Gasteiger partial charge in [0.15, 0.2) is 11.6 Å². The van der Waals surface area contributed by atoms with Crippen molar-refractivity contribution in [3.63, 3.8) is 0 Å².